The van der Waals surface area contributed by atoms with Crippen LogP contribution in [0, 0.1) is 0 Å². The Bertz CT molecular complexity index is 936. The molecule has 4 nitrogen and oxygen atoms in total. The van der Waals surface area contributed by atoms with Crippen LogP contribution in [0.4, 0.5) is 0 Å². The monoisotopic (exact) mass is 713 g/mol. The minimum atomic E-state index is -3.92. The van der Waals surface area contributed by atoms with Crippen molar-refractivity contribution < 1.29 is 17.9 Å². The summed E-state index contributed by atoms with van der Waals surface area (Å²) >= 11 is 0. The Morgan fingerprint density at radius 1 is 0.438 bits per heavy atom. The standard InChI is InChI=1S/C42H77ClO4S/c1-3-5-7-9-11-13-15-17-19-21-23-25-27-29-31-33-38-46-40-36-35-37-41(48(43,44)45)42(40)47-39-34-32-30-28-26-24-22-20-18-16-14-12-10-8-6-4-2/h35-37H,3-34,38-39H2,1-2H3. The average molecular weight is 714 g/mol. The van der Waals surface area contributed by atoms with Crippen molar-refractivity contribution in [1.29, 1.82) is 0 Å². The van der Waals surface area contributed by atoms with Crippen LogP contribution in [-0.2, 0) is 9.05 Å². The van der Waals surface area contributed by atoms with Crippen LogP contribution in [-0.4, -0.2) is 21.6 Å². The van der Waals surface area contributed by atoms with Crippen LogP contribution in [0.2, 0.25) is 0 Å². The molecule has 0 radical (unpaired) electrons. The minimum Gasteiger partial charge on any atom is -0.490 e. The van der Waals surface area contributed by atoms with Gasteiger partial charge in [-0.05, 0) is 25.0 Å². The quantitative estimate of drug-likeness (QED) is 0.0509. The molecule has 0 saturated carbocycles. The molecule has 6 heteroatoms. The van der Waals surface area contributed by atoms with Crippen molar-refractivity contribution in [2.45, 2.75) is 224 Å². The van der Waals surface area contributed by atoms with Gasteiger partial charge in [0.15, 0.2) is 11.5 Å². The van der Waals surface area contributed by atoms with Crippen molar-refractivity contribution in [2.75, 3.05) is 13.2 Å². The summed E-state index contributed by atoms with van der Waals surface area (Å²) in [7, 11) is 1.84. The molecular weight excluding hydrogens is 636 g/mol. The maximum Gasteiger partial charge on any atom is 0.265 e. The van der Waals surface area contributed by atoms with Crippen LogP contribution in [0.1, 0.15) is 219 Å². The van der Waals surface area contributed by atoms with E-state index in [1.807, 2.05) is 0 Å². The molecule has 0 amide bonds. The van der Waals surface area contributed by atoms with Crippen LogP contribution in [0.5, 0.6) is 11.5 Å². The molecule has 0 aliphatic heterocycles. The fourth-order valence-corrected chi connectivity index (χ4v) is 7.59. The van der Waals surface area contributed by atoms with Gasteiger partial charge in [0.25, 0.3) is 9.05 Å². The largest absolute Gasteiger partial charge is 0.490 e. The summed E-state index contributed by atoms with van der Waals surface area (Å²) in [5.41, 5.74) is 0. The molecular formula is C42H77ClO4S. The van der Waals surface area contributed by atoms with Crippen LogP contribution in [0.25, 0.3) is 0 Å². The fourth-order valence-electron chi connectivity index (χ4n) is 6.60. The first-order chi connectivity index (χ1) is 23.5. The second kappa shape index (κ2) is 33.2. The summed E-state index contributed by atoms with van der Waals surface area (Å²) in [6.07, 6.45) is 42.3. The first-order valence-corrected chi connectivity index (χ1v) is 23.1. The summed E-state index contributed by atoms with van der Waals surface area (Å²) in [5.74, 6) is 0.749. The zero-order chi connectivity index (χ0) is 34.8. The van der Waals surface area contributed by atoms with Gasteiger partial charge in [-0.3, -0.25) is 0 Å². The van der Waals surface area contributed by atoms with Crippen LogP contribution in [0.15, 0.2) is 23.1 Å². The molecule has 0 spiro atoms. The molecule has 0 unspecified atom stereocenters. The molecule has 0 aromatic heterocycles. The van der Waals surface area contributed by atoms with Gasteiger partial charge in [0.05, 0.1) is 13.2 Å². The highest BCUT2D eigenvalue weighted by Crippen LogP contribution is 2.36. The minimum absolute atomic E-state index is 0.00475. The van der Waals surface area contributed by atoms with Gasteiger partial charge in [-0.15, -0.1) is 0 Å². The summed E-state index contributed by atoms with van der Waals surface area (Å²) in [6, 6.07) is 4.98. The number of hydrogen-bond acceptors (Lipinski definition) is 4. The molecule has 1 rings (SSSR count). The summed E-state index contributed by atoms with van der Waals surface area (Å²) in [6.45, 7) is 5.59. The fraction of sp³-hybridized carbons (Fsp3) is 0.857. The van der Waals surface area contributed by atoms with Gasteiger partial charge in [0, 0.05) is 10.7 Å². The van der Waals surface area contributed by atoms with E-state index in [4.69, 9.17) is 20.2 Å². The van der Waals surface area contributed by atoms with E-state index in [2.05, 4.69) is 13.8 Å². The van der Waals surface area contributed by atoms with Crippen LogP contribution >= 0.6 is 10.7 Å². The number of para-hydroxylation sites is 1. The Kier molecular flexibility index (Phi) is 31.2. The Labute approximate surface area is 303 Å². The lowest BCUT2D eigenvalue weighted by atomic mass is 10.0. The van der Waals surface area contributed by atoms with E-state index >= 15 is 0 Å². The molecule has 0 aliphatic rings. The summed E-state index contributed by atoms with van der Waals surface area (Å²) < 4.78 is 36.5. The molecule has 1 aromatic carbocycles. The van der Waals surface area contributed by atoms with Crippen LogP contribution in [0.3, 0.4) is 0 Å². The van der Waals surface area contributed by atoms with Gasteiger partial charge in [-0.1, -0.05) is 213 Å². The van der Waals surface area contributed by atoms with Gasteiger partial charge < -0.3 is 9.47 Å². The highest BCUT2D eigenvalue weighted by molar-refractivity contribution is 8.13. The zero-order valence-corrected chi connectivity index (χ0v) is 33.3. The second-order valence-corrected chi connectivity index (χ2v) is 16.9. The van der Waals surface area contributed by atoms with Gasteiger partial charge >= 0.3 is 0 Å². The Morgan fingerprint density at radius 3 is 1.04 bits per heavy atom. The SMILES string of the molecule is CCCCCCCCCCCCCCCCCCOc1cccc(S(=O)(=O)Cl)c1OCCCCCCCCCCCCCCCCCC. The molecule has 0 N–H and O–H groups in total. The summed E-state index contributed by atoms with van der Waals surface area (Å²) in [4.78, 5) is 0.00475. The maximum atomic E-state index is 12.3. The molecule has 0 atom stereocenters. The van der Waals surface area contributed by atoms with E-state index < -0.39 is 9.05 Å². The number of hydrogen-bond donors (Lipinski definition) is 0. The van der Waals surface area contributed by atoms with Crippen molar-refractivity contribution in [3.8, 4) is 11.5 Å². The van der Waals surface area contributed by atoms with Gasteiger partial charge in [-0.2, -0.15) is 0 Å². The highest BCUT2D eigenvalue weighted by atomic mass is 35.7. The van der Waals surface area contributed by atoms with Crippen molar-refractivity contribution >= 4 is 19.7 Å². The third-order valence-corrected chi connectivity index (χ3v) is 11.1. The van der Waals surface area contributed by atoms with Crippen LogP contribution < -0.4 is 9.47 Å². The molecule has 48 heavy (non-hydrogen) atoms. The maximum absolute atomic E-state index is 12.3. The Morgan fingerprint density at radius 2 is 0.729 bits per heavy atom. The van der Waals surface area contributed by atoms with Crippen molar-refractivity contribution in [1.82, 2.24) is 0 Å². The zero-order valence-electron chi connectivity index (χ0n) is 31.7. The van der Waals surface area contributed by atoms with E-state index in [1.165, 1.54) is 186 Å². The Balaban J connectivity index is 2.11. The summed E-state index contributed by atoms with van der Waals surface area (Å²) in [5, 5.41) is 0. The third kappa shape index (κ3) is 26.9. The molecule has 0 aliphatic carbocycles. The molecule has 0 fully saturated rings. The number of unbranched alkanes of at least 4 members (excludes halogenated alkanes) is 30. The normalized spacial score (nSPS) is 11.7. The van der Waals surface area contributed by atoms with Gasteiger partial charge in [0.2, 0.25) is 0 Å². The van der Waals surface area contributed by atoms with Gasteiger partial charge in [0.1, 0.15) is 4.90 Å². The van der Waals surface area contributed by atoms with E-state index in [1.54, 1.807) is 12.1 Å². The van der Waals surface area contributed by atoms with Crippen molar-refractivity contribution in [3.05, 3.63) is 18.2 Å². The average Bonchev–Trinajstić information content (AvgIpc) is 3.07. The van der Waals surface area contributed by atoms with E-state index in [0.29, 0.717) is 19.0 Å². The number of halogens is 1. The number of ether oxygens (including phenoxy) is 2. The Hall–Kier alpha value is -0.940. The predicted octanol–water partition coefficient (Wildman–Crippen LogP) is 14.9. The molecule has 1 aromatic rings. The van der Waals surface area contributed by atoms with E-state index in [9.17, 15) is 8.42 Å². The molecule has 282 valence electrons. The second-order valence-electron chi connectivity index (χ2n) is 14.3. The molecule has 0 heterocycles. The van der Waals surface area contributed by atoms with Gasteiger partial charge in [-0.25, -0.2) is 8.42 Å². The molecule has 0 bridgehead atoms. The lowest BCUT2D eigenvalue weighted by molar-refractivity contribution is 0.253. The van der Waals surface area contributed by atoms with E-state index in [0.717, 1.165) is 25.7 Å². The first kappa shape index (κ1) is 45.1. The number of benzene rings is 1. The highest BCUT2D eigenvalue weighted by Gasteiger charge is 2.21. The lowest BCUT2D eigenvalue weighted by Gasteiger charge is -2.15. The predicted molar refractivity (Wildman–Crippen MR) is 210 cm³/mol. The van der Waals surface area contributed by atoms with Crippen molar-refractivity contribution in [3.63, 3.8) is 0 Å². The first-order valence-electron chi connectivity index (χ1n) is 20.8. The topological polar surface area (TPSA) is 52.6 Å². The van der Waals surface area contributed by atoms with Crippen molar-refractivity contribution in [2.24, 2.45) is 0 Å². The smallest absolute Gasteiger partial charge is 0.265 e. The number of rotatable bonds is 37. The lowest BCUT2D eigenvalue weighted by Crippen LogP contribution is -2.06. The third-order valence-electron chi connectivity index (χ3n) is 9.71. The molecule has 0 saturated heterocycles. The van der Waals surface area contributed by atoms with E-state index in [-0.39, 0.29) is 10.6 Å².